The maximum absolute atomic E-state index is 13.9. The SMILES string of the molecule is Cc1[nH]nc2c1[C@H](c1cccc(F)c1)N(CCc1c[nH]c3ccccc13)C2=O. The van der Waals surface area contributed by atoms with Crippen LogP contribution in [0.25, 0.3) is 10.9 Å². The summed E-state index contributed by atoms with van der Waals surface area (Å²) >= 11 is 0. The van der Waals surface area contributed by atoms with Crippen LogP contribution in [0.3, 0.4) is 0 Å². The Bertz CT molecular complexity index is 1190. The van der Waals surface area contributed by atoms with E-state index in [1.54, 1.807) is 11.0 Å². The lowest BCUT2D eigenvalue weighted by Gasteiger charge is -2.26. The van der Waals surface area contributed by atoms with Crippen LogP contribution >= 0.6 is 0 Å². The summed E-state index contributed by atoms with van der Waals surface area (Å²) in [5.74, 6) is -0.426. The van der Waals surface area contributed by atoms with E-state index in [9.17, 15) is 9.18 Å². The van der Waals surface area contributed by atoms with Crippen LogP contribution in [0.5, 0.6) is 0 Å². The van der Waals surface area contributed by atoms with Gasteiger partial charge in [-0.1, -0.05) is 30.3 Å². The molecule has 2 aromatic heterocycles. The molecule has 1 aliphatic rings. The standard InChI is InChI=1S/C22H19FN4O/c1-13-19-20(26-25-13)22(28)27(21(19)14-5-4-6-16(23)11-14)10-9-15-12-24-18-8-3-2-7-17(15)18/h2-8,11-12,21,24H,9-10H2,1H3,(H,25,26)/t21-/m0/s1. The second-order valence-corrected chi connectivity index (χ2v) is 7.18. The van der Waals surface area contributed by atoms with Crippen molar-refractivity contribution in [2.24, 2.45) is 0 Å². The summed E-state index contributed by atoms with van der Waals surface area (Å²) in [6.45, 7) is 2.42. The Hall–Kier alpha value is -3.41. The zero-order chi connectivity index (χ0) is 19.3. The predicted molar refractivity (Wildman–Crippen MR) is 105 cm³/mol. The summed E-state index contributed by atoms with van der Waals surface area (Å²) in [4.78, 5) is 18.1. The quantitative estimate of drug-likeness (QED) is 0.564. The number of hydrogen-bond acceptors (Lipinski definition) is 2. The van der Waals surface area contributed by atoms with Gasteiger partial charge in [0.15, 0.2) is 5.69 Å². The fourth-order valence-corrected chi connectivity index (χ4v) is 4.18. The maximum Gasteiger partial charge on any atom is 0.275 e. The Labute approximate surface area is 161 Å². The number of para-hydroxylation sites is 1. The molecule has 0 aliphatic carbocycles. The number of carbonyl (C=O) groups is 1. The highest BCUT2D eigenvalue weighted by Gasteiger charge is 2.41. The first kappa shape index (κ1) is 16.7. The van der Waals surface area contributed by atoms with E-state index in [1.165, 1.54) is 12.1 Å². The first-order valence-corrected chi connectivity index (χ1v) is 9.30. The van der Waals surface area contributed by atoms with Crippen molar-refractivity contribution in [2.45, 2.75) is 19.4 Å². The minimum atomic E-state index is -0.331. The van der Waals surface area contributed by atoms with Crippen LogP contribution < -0.4 is 0 Å². The number of aromatic nitrogens is 3. The van der Waals surface area contributed by atoms with E-state index in [2.05, 4.69) is 21.2 Å². The Morgan fingerprint density at radius 3 is 2.89 bits per heavy atom. The molecule has 0 saturated heterocycles. The van der Waals surface area contributed by atoms with Crippen molar-refractivity contribution in [1.82, 2.24) is 20.1 Å². The van der Waals surface area contributed by atoms with E-state index in [0.717, 1.165) is 33.3 Å². The molecule has 0 saturated carbocycles. The Balaban J connectivity index is 1.51. The zero-order valence-electron chi connectivity index (χ0n) is 15.4. The molecule has 1 atom stereocenters. The van der Waals surface area contributed by atoms with E-state index < -0.39 is 0 Å². The smallest absolute Gasteiger partial charge is 0.275 e. The number of hydrogen-bond donors (Lipinski definition) is 2. The number of fused-ring (bicyclic) bond motifs is 2. The second-order valence-electron chi connectivity index (χ2n) is 7.18. The fourth-order valence-electron chi connectivity index (χ4n) is 4.18. The van der Waals surface area contributed by atoms with E-state index in [0.29, 0.717) is 18.7 Å². The van der Waals surface area contributed by atoms with Crippen molar-refractivity contribution in [3.63, 3.8) is 0 Å². The zero-order valence-corrected chi connectivity index (χ0v) is 15.4. The number of carbonyl (C=O) groups excluding carboxylic acids is 1. The molecule has 0 spiro atoms. The van der Waals surface area contributed by atoms with Gasteiger partial charge in [0.05, 0.1) is 6.04 Å². The van der Waals surface area contributed by atoms with Gasteiger partial charge in [0.1, 0.15) is 5.82 Å². The van der Waals surface area contributed by atoms with Crippen LogP contribution in [0.4, 0.5) is 4.39 Å². The first-order valence-electron chi connectivity index (χ1n) is 9.30. The molecule has 5 rings (SSSR count). The lowest BCUT2D eigenvalue weighted by molar-refractivity contribution is 0.0745. The van der Waals surface area contributed by atoms with Crippen molar-refractivity contribution in [3.05, 3.63) is 88.6 Å². The van der Waals surface area contributed by atoms with E-state index in [1.807, 2.05) is 37.4 Å². The molecule has 140 valence electrons. The number of amides is 1. The number of H-pyrrole nitrogens is 2. The molecule has 0 radical (unpaired) electrons. The average Bonchev–Trinajstić information content (AvgIpc) is 3.35. The molecule has 1 amide bonds. The summed E-state index contributed by atoms with van der Waals surface area (Å²) in [6, 6.07) is 14.2. The minimum Gasteiger partial charge on any atom is -0.361 e. The number of nitrogens with zero attached hydrogens (tertiary/aromatic N) is 2. The number of nitrogens with one attached hydrogen (secondary N) is 2. The predicted octanol–water partition coefficient (Wildman–Crippen LogP) is 4.13. The largest absolute Gasteiger partial charge is 0.361 e. The Kier molecular flexibility index (Phi) is 3.79. The molecule has 0 unspecified atom stereocenters. The first-order chi connectivity index (χ1) is 13.6. The molecule has 3 heterocycles. The molecular formula is C22H19FN4O. The highest BCUT2D eigenvalue weighted by Crippen LogP contribution is 2.39. The van der Waals surface area contributed by atoms with Crippen molar-refractivity contribution < 1.29 is 9.18 Å². The highest BCUT2D eigenvalue weighted by atomic mass is 19.1. The third-order valence-electron chi connectivity index (χ3n) is 5.50. The van der Waals surface area contributed by atoms with Gasteiger partial charge in [-0.15, -0.1) is 0 Å². The van der Waals surface area contributed by atoms with Crippen molar-refractivity contribution in [2.75, 3.05) is 6.54 Å². The van der Waals surface area contributed by atoms with Gasteiger partial charge >= 0.3 is 0 Å². The third-order valence-corrected chi connectivity index (χ3v) is 5.50. The molecule has 2 N–H and O–H groups in total. The van der Waals surface area contributed by atoms with Crippen molar-refractivity contribution in [1.29, 1.82) is 0 Å². The molecule has 6 heteroatoms. The summed E-state index contributed by atoms with van der Waals surface area (Å²) < 4.78 is 13.9. The molecular weight excluding hydrogens is 355 g/mol. The van der Waals surface area contributed by atoms with E-state index in [4.69, 9.17) is 0 Å². The maximum atomic E-state index is 13.9. The summed E-state index contributed by atoms with van der Waals surface area (Å²) in [5.41, 5.74) is 5.11. The van der Waals surface area contributed by atoms with Crippen LogP contribution in [-0.2, 0) is 6.42 Å². The molecule has 2 aromatic carbocycles. The van der Waals surface area contributed by atoms with Crippen molar-refractivity contribution in [3.8, 4) is 0 Å². The Morgan fingerprint density at radius 2 is 2.04 bits per heavy atom. The number of halogens is 1. The Morgan fingerprint density at radius 1 is 1.18 bits per heavy atom. The van der Waals surface area contributed by atoms with Crippen LogP contribution in [0.1, 0.15) is 38.9 Å². The molecule has 28 heavy (non-hydrogen) atoms. The summed E-state index contributed by atoms with van der Waals surface area (Å²) in [6.07, 6.45) is 2.70. The molecule has 5 nitrogen and oxygen atoms in total. The van der Waals surface area contributed by atoms with Crippen LogP contribution in [0, 0.1) is 12.7 Å². The van der Waals surface area contributed by atoms with Gasteiger partial charge in [-0.25, -0.2) is 4.39 Å². The van der Waals surface area contributed by atoms with Gasteiger partial charge in [-0.3, -0.25) is 9.89 Å². The van der Waals surface area contributed by atoms with Gasteiger partial charge < -0.3 is 9.88 Å². The number of benzene rings is 2. The summed E-state index contributed by atoms with van der Waals surface area (Å²) in [5, 5.41) is 8.26. The third kappa shape index (κ3) is 2.52. The number of aryl methyl sites for hydroxylation is 1. The fraction of sp³-hybridized carbons (Fsp3) is 0.182. The highest BCUT2D eigenvalue weighted by molar-refractivity contribution is 5.98. The van der Waals surface area contributed by atoms with Gasteiger partial charge in [0.25, 0.3) is 5.91 Å². The van der Waals surface area contributed by atoms with Gasteiger partial charge in [-0.05, 0) is 42.7 Å². The molecule has 0 fully saturated rings. The lowest BCUT2D eigenvalue weighted by atomic mass is 9.99. The van der Waals surface area contributed by atoms with E-state index >= 15 is 0 Å². The lowest BCUT2D eigenvalue weighted by Crippen LogP contribution is -2.31. The van der Waals surface area contributed by atoms with Crippen LogP contribution in [0.2, 0.25) is 0 Å². The molecule has 1 aliphatic heterocycles. The van der Waals surface area contributed by atoms with Crippen molar-refractivity contribution >= 4 is 16.8 Å². The van der Waals surface area contributed by atoms with Gasteiger partial charge in [-0.2, -0.15) is 5.10 Å². The normalized spacial score (nSPS) is 16.1. The molecule has 4 aromatic rings. The van der Waals surface area contributed by atoms with Crippen LogP contribution in [0.15, 0.2) is 54.7 Å². The second kappa shape index (κ2) is 6.34. The topological polar surface area (TPSA) is 64.8 Å². The monoisotopic (exact) mass is 374 g/mol. The van der Waals surface area contributed by atoms with Crippen LogP contribution in [-0.4, -0.2) is 32.5 Å². The number of aromatic amines is 2. The minimum absolute atomic E-state index is 0.117. The van der Waals surface area contributed by atoms with Gasteiger partial charge in [0, 0.05) is 34.9 Å². The number of rotatable bonds is 4. The summed E-state index contributed by atoms with van der Waals surface area (Å²) in [7, 11) is 0. The average molecular weight is 374 g/mol. The van der Waals surface area contributed by atoms with Gasteiger partial charge in [0.2, 0.25) is 0 Å². The molecule has 0 bridgehead atoms. The van der Waals surface area contributed by atoms with E-state index in [-0.39, 0.29) is 17.8 Å².